The first-order valence-corrected chi connectivity index (χ1v) is 10.0. The predicted molar refractivity (Wildman–Crippen MR) is 104 cm³/mol. The Balaban J connectivity index is 1.65. The zero-order chi connectivity index (χ0) is 18.1. The quantitative estimate of drug-likeness (QED) is 0.622. The van der Waals surface area contributed by atoms with Crippen molar-refractivity contribution in [2.24, 2.45) is 0 Å². The Morgan fingerprint density at radius 1 is 1.38 bits per heavy atom. The Morgan fingerprint density at radius 2 is 2.19 bits per heavy atom. The molecule has 0 bridgehead atoms. The number of carbonyl (C=O) groups excluding carboxylic acids is 1. The van der Waals surface area contributed by atoms with Gasteiger partial charge in [0.1, 0.15) is 0 Å². The largest absolute Gasteiger partial charge is 0.360 e. The zero-order valence-electron chi connectivity index (χ0n) is 15.0. The second-order valence-corrected chi connectivity index (χ2v) is 8.01. The molecule has 4 rings (SSSR count). The average molecular weight is 369 g/mol. The monoisotopic (exact) mass is 369 g/mol. The maximum atomic E-state index is 12.2. The molecule has 1 fully saturated rings. The number of H-pyrrole nitrogens is 1. The van der Waals surface area contributed by atoms with Gasteiger partial charge in [-0.3, -0.25) is 9.36 Å². The van der Waals surface area contributed by atoms with Gasteiger partial charge in [0.15, 0.2) is 11.0 Å². The predicted octanol–water partition coefficient (Wildman–Crippen LogP) is 3.77. The maximum absolute atomic E-state index is 12.2. The molecule has 0 aliphatic heterocycles. The lowest BCUT2D eigenvalue weighted by molar-refractivity contribution is -0.120. The molecule has 1 atom stereocenters. The van der Waals surface area contributed by atoms with Crippen LogP contribution in [0, 0.1) is 0 Å². The molecule has 1 saturated carbocycles. The van der Waals surface area contributed by atoms with E-state index >= 15 is 0 Å². The van der Waals surface area contributed by atoms with Gasteiger partial charge in [-0.1, -0.05) is 36.9 Å². The van der Waals surface area contributed by atoms with E-state index in [-0.39, 0.29) is 11.2 Å². The molecule has 3 aromatic rings. The molecule has 2 aromatic heterocycles. The first-order valence-electron chi connectivity index (χ1n) is 9.14. The number of aromatic amines is 1. The summed E-state index contributed by atoms with van der Waals surface area (Å²) in [5, 5.41) is 13.6. The van der Waals surface area contributed by atoms with Gasteiger partial charge in [-0.05, 0) is 32.3 Å². The van der Waals surface area contributed by atoms with E-state index in [1.165, 1.54) is 11.8 Å². The summed E-state index contributed by atoms with van der Waals surface area (Å²) < 4.78 is 2.21. The maximum Gasteiger partial charge on any atom is 0.233 e. The number of fused-ring (bicyclic) bond motifs is 1. The fourth-order valence-electron chi connectivity index (χ4n) is 3.06. The minimum atomic E-state index is -0.195. The molecule has 1 amide bonds. The molecular formula is C19H23N5OS. The molecular weight excluding hydrogens is 346 g/mol. The highest BCUT2D eigenvalue weighted by molar-refractivity contribution is 8.00. The molecule has 0 spiro atoms. The topological polar surface area (TPSA) is 75.6 Å². The van der Waals surface area contributed by atoms with Crippen molar-refractivity contribution in [3.05, 3.63) is 30.5 Å². The van der Waals surface area contributed by atoms with Crippen LogP contribution in [0.1, 0.15) is 39.2 Å². The second-order valence-electron chi connectivity index (χ2n) is 6.71. The summed E-state index contributed by atoms with van der Waals surface area (Å²) in [4.78, 5) is 15.5. The van der Waals surface area contributed by atoms with Gasteiger partial charge in [0.25, 0.3) is 0 Å². The highest BCUT2D eigenvalue weighted by atomic mass is 32.2. The van der Waals surface area contributed by atoms with E-state index in [9.17, 15) is 4.79 Å². The number of nitrogens with zero attached hydrogens (tertiary/aromatic N) is 3. The minimum Gasteiger partial charge on any atom is -0.360 e. The number of aromatic nitrogens is 4. The second kappa shape index (κ2) is 7.15. The van der Waals surface area contributed by atoms with Crippen molar-refractivity contribution in [3.8, 4) is 11.4 Å². The number of para-hydroxylation sites is 1. The molecule has 26 heavy (non-hydrogen) atoms. The fraction of sp³-hybridized carbons (Fsp3) is 0.421. The normalized spacial score (nSPS) is 15.3. The molecule has 0 radical (unpaired) electrons. The first-order chi connectivity index (χ1) is 12.7. The van der Waals surface area contributed by atoms with Gasteiger partial charge in [-0.2, -0.15) is 0 Å². The number of nitrogens with one attached hydrogen (secondary N) is 2. The SMILES string of the molecule is CCCNC(=O)C(C)Sc1nnc(-c2c[nH]c3ccccc23)n1C1CC1. The smallest absolute Gasteiger partial charge is 0.233 e. The van der Waals surface area contributed by atoms with Crippen LogP contribution in [0.25, 0.3) is 22.3 Å². The van der Waals surface area contributed by atoms with Crippen LogP contribution < -0.4 is 5.32 Å². The number of amides is 1. The lowest BCUT2D eigenvalue weighted by Gasteiger charge is -2.13. The van der Waals surface area contributed by atoms with Crippen LogP contribution in [-0.4, -0.2) is 37.5 Å². The summed E-state index contributed by atoms with van der Waals surface area (Å²) in [6.07, 6.45) is 5.21. The van der Waals surface area contributed by atoms with E-state index < -0.39 is 0 Å². The Morgan fingerprint density at radius 3 is 2.96 bits per heavy atom. The molecule has 136 valence electrons. The van der Waals surface area contributed by atoms with Gasteiger partial charge in [0, 0.05) is 35.2 Å². The standard InChI is InChI=1S/C19H23N5OS/c1-3-10-20-18(25)12(2)26-19-23-22-17(24(19)13-8-9-13)15-11-21-16-7-5-4-6-14(15)16/h4-7,11-13,21H,3,8-10H2,1-2H3,(H,20,25). The molecule has 6 nitrogen and oxygen atoms in total. The van der Waals surface area contributed by atoms with Crippen LogP contribution >= 0.6 is 11.8 Å². The van der Waals surface area contributed by atoms with Crippen molar-refractivity contribution in [1.82, 2.24) is 25.1 Å². The van der Waals surface area contributed by atoms with Gasteiger partial charge in [0.2, 0.25) is 5.91 Å². The minimum absolute atomic E-state index is 0.0517. The van der Waals surface area contributed by atoms with Crippen molar-refractivity contribution in [2.45, 2.75) is 49.6 Å². The van der Waals surface area contributed by atoms with Crippen molar-refractivity contribution in [2.75, 3.05) is 6.54 Å². The van der Waals surface area contributed by atoms with Crippen LogP contribution in [0.2, 0.25) is 0 Å². The van der Waals surface area contributed by atoms with Crippen LogP contribution in [-0.2, 0) is 4.79 Å². The Kier molecular flexibility index (Phi) is 4.72. The van der Waals surface area contributed by atoms with E-state index in [1.807, 2.05) is 25.3 Å². The highest BCUT2D eigenvalue weighted by Crippen LogP contribution is 2.42. The van der Waals surface area contributed by atoms with Crippen LogP contribution in [0.4, 0.5) is 0 Å². The van der Waals surface area contributed by atoms with Crippen LogP contribution in [0.15, 0.2) is 35.6 Å². The number of benzene rings is 1. The van der Waals surface area contributed by atoms with Gasteiger partial charge in [-0.25, -0.2) is 0 Å². The van der Waals surface area contributed by atoms with E-state index in [1.54, 1.807) is 0 Å². The summed E-state index contributed by atoms with van der Waals surface area (Å²) in [7, 11) is 0. The summed E-state index contributed by atoms with van der Waals surface area (Å²) in [5.74, 6) is 0.935. The van der Waals surface area contributed by atoms with Crippen LogP contribution in [0.3, 0.4) is 0 Å². The molecule has 1 aliphatic carbocycles. The van der Waals surface area contributed by atoms with E-state index in [2.05, 4.69) is 44.1 Å². The summed E-state index contributed by atoms with van der Waals surface area (Å²) in [6.45, 7) is 4.68. The van der Waals surface area contributed by atoms with Gasteiger partial charge in [0.05, 0.1) is 5.25 Å². The van der Waals surface area contributed by atoms with Gasteiger partial charge in [-0.15, -0.1) is 10.2 Å². The number of thioether (sulfide) groups is 1. The summed E-state index contributed by atoms with van der Waals surface area (Å²) >= 11 is 1.49. The Labute approximate surface area is 156 Å². The fourth-order valence-corrected chi connectivity index (χ4v) is 4.01. The molecule has 2 N–H and O–H groups in total. The molecule has 1 unspecified atom stereocenters. The van der Waals surface area contributed by atoms with E-state index in [4.69, 9.17) is 0 Å². The third-order valence-electron chi connectivity index (χ3n) is 4.61. The van der Waals surface area contributed by atoms with Gasteiger partial charge >= 0.3 is 0 Å². The Hall–Kier alpha value is -2.28. The highest BCUT2D eigenvalue weighted by Gasteiger charge is 2.32. The molecule has 2 heterocycles. The summed E-state index contributed by atoms with van der Waals surface area (Å²) in [6, 6.07) is 8.65. The number of rotatable bonds is 7. The third-order valence-corrected chi connectivity index (χ3v) is 5.66. The van der Waals surface area contributed by atoms with E-state index in [0.29, 0.717) is 12.6 Å². The van der Waals surface area contributed by atoms with Crippen molar-refractivity contribution in [1.29, 1.82) is 0 Å². The summed E-state index contributed by atoms with van der Waals surface area (Å²) in [5.41, 5.74) is 2.16. The number of hydrogen-bond donors (Lipinski definition) is 2. The molecule has 7 heteroatoms. The lowest BCUT2D eigenvalue weighted by atomic mass is 10.1. The molecule has 0 saturated heterocycles. The average Bonchev–Trinajstić information content (AvgIpc) is 3.27. The number of hydrogen-bond acceptors (Lipinski definition) is 4. The van der Waals surface area contributed by atoms with Crippen molar-refractivity contribution >= 4 is 28.6 Å². The molecule has 1 aliphatic rings. The van der Waals surface area contributed by atoms with Gasteiger partial charge < -0.3 is 10.3 Å². The van der Waals surface area contributed by atoms with Crippen molar-refractivity contribution < 1.29 is 4.79 Å². The van der Waals surface area contributed by atoms with Crippen molar-refractivity contribution in [3.63, 3.8) is 0 Å². The van der Waals surface area contributed by atoms with Crippen LogP contribution in [0.5, 0.6) is 0 Å². The third kappa shape index (κ3) is 3.23. The Bertz CT molecular complexity index is 927. The van der Waals surface area contributed by atoms with E-state index in [0.717, 1.165) is 46.7 Å². The lowest BCUT2D eigenvalue weighted by Crippen LogP contribution is -2.31. The zero-order valence-corrected chi connectivity index (χ0v) is 15.8. The molecule has 1 aromatic carbocycles. The number of carbonyl (C=O) groups is 1. The first kappa shape index (κ1) is 17.1.